The number of hydrogen-bond donors (Lipinski definition) is 1. The predicted molar refractivity (Wildman–Crippen MR) is 77.6 cm³/mol. The molecule has 0 fully saturated rings. The summed E-state index contributed by atoms with van der Waals surface area (Å²) in [4.78, 5) is 12.0. The van der Waals surface area contributed by atoms with Crippen LogP contribution < -0.4 is 10.9 Å². The molecule has 0 bridgehead atoms. The maximum Gasteiger partial charge on any atom is 0.283 e. The van der Waals surface area contributed by atoms with Crippen molar-refractivity contribution in [2.45, 2.75) is 13.5 Å². The minimum Gasteiger partial charge on any atom is -0.350 e. The van der Waals surface area contributed by atoms with Crippen LogP contribution in [0, 0.1) is 6.92 Å². The van der Waals surface area contributed by atoms with Gasteiger partial charge < -0.3 is 5.32 Å². The molecule has 100 valence electrons. The van der Waals surface area contributed by atoms with Crippen molar-refractivity contribution in [1.29, 1.82) is 0 Å². The van der Waals surface area contributed by atoms with E-state index in [1.54, 1.807) is 17.0 Å². The Balaban J connectivity index is 2.36. The van der Waals surface area contributed by atoms with Gasteiger partial charge in [0.05, 0.1) is 29.8 Å². The van der Waals surface area contributed by atoms with Crippen LogP contribution >= 0.6 is 15.9 Å². The van der Waals surface area contributed by atoms with E-state index in [2.05, 4.69) is 38.0 Å². The van der Waals surface area contributed by atoms with Crippen molar-refractivity contribution in [2.24, 2.45) is 7.05 Å². The third-order valence-corrected chi connectivity index (χ3v) is 3.34. The van der Waals surface area contributed by atoms with Crippen LogP contribution in [0.15, 0.2) is 34.3 Å². The molecular weight excluding hydrogens is 310 g/mol. The van der Waals surface area contributed by atoms with Crippen molar-refractivity contribution >= 4 is 27.3 Å². The van der Waals surface area contributed by atoms with E-state index < -0.39 is 0 Å². The number of nitrogens with zero attached hydrogens (tertiary/aromatic N) is 4. The van der Waals surface area contributed by atoms with Gasteiger partial charge in [-0.2, -0.15) is 10.2 Å². The van der Waals surface area contributed by atoms with Gasteiger partial charge in [0.25, 0.3) is 5.56 Å². The quantitative estimate of drug-likeness (QED) is 0.874. The molecule has 2 aromatic heterocycles. The summed E-state index contributed by atoms with van der Waals surface area (Å²) < 4.78 is 3.48. The van der Waals surface area contributed by atoms with Crippen LogP contribution in [0.2, 0.25) is 0 Å². The van der Waals surface area contributed by atoms with Crippen LogP contribution in [0.1, 0.15) is 5.69 Å². The van der Waals surface area contributed by atoms with Gasteiger partial charge in [-0.3, -0.25) is 9.48 Å². The molecule has 0 saturated carbocycles. The lowest BCUT2D eigenvalue weighted by molar-refractivity contribution is 0.649. The molecule has 0 aromatic carbocycles. The number of hydrogen-bond acceptors (Lipinski definition) is 4. The molecule has 0 saturated heterocycles. The predicted octanol–water partition coefficient (Wildman–Crippen LogP) is 1.98. The van der Waals surface area contributed by atoms with Gasteiger partial charge in [-0.15, -0.1) is 6.58 Å². The number of aryl methyl sites for hydroxylation is 2. The molecule has 6 nitrogen and oxygen atoms in total. The van der Waals surface area contributed by atoms with E-state index in [1.807, 2.05) is 20.2 Å². The van der Waals surface area contributed by atoms with Crippen molar-refractivity contribution in [3.05, 3.63) is 45.6 Å². The second kappa shape index (κ2) is 5.40. The molecule has 0 unspecified atom stereocenters. The SMILES string of the molecule is C=CCn1ncc(Nc2cn(C)nc2C)c(Br)c1=O. The molecule has 1 N–H and O–H groups in total. The zero-order chi connectivity index (χ0) is 14.0. The normalized spacial score (nSPS) is 10.5. The highest BCUT2D eigenvalue weighted by atomic mass is 79.9. The fourth-order valence-corrected chi connectivity index (χ4v) is 2.08. The molecule has 19 heavy (non-hydrogen) atoms. The highest BCUT2D eigenvalue weighted by molar-refractivity contribution is 9.10. The number of halogens is 1. The fourth-order valence-electron chi connectivity index (χ4n) is 1.67. The van der Waals surface area contributed by atoms with Crippen molar-refractivity contribution in [3.63, 3.8) is 0 Å². The first-order valence-electron chi connectivity index (χ1n) is 5.66. The molecule has 0 spiro atoms. The van der Waals surface area contributed by atoms with Crippen molar-refractivity contribution in [2.75, 3.05) is 5.32 Å². The zero-order valence-electron chi connectivity index (χ0n) is 10.7. The highest BCUT2D eigenvalue weighted by Crippen LogP contribution is 2.23. The average Bonchev–Trinajstić information content (AvgIpc) is 2.67. The van der Waals surface area contributed by atoms with Crippen molar-refractivity contribution in [3.8, 4) is 0 Å². The van der Waals surface area contributed by atoms with Crippen molar-refractivity contribution in [1.82, 2.24) is 19.6 Å². The third kappa shape index (κ3) is 2.76. The van der Waals surface area contributed by atoms with E-state index >= 15 is 0 Å². The maximum atomic E-state index is 12.0. The topological polar surface area (TPSA) is 64.7 Å². The number of rotatable bonds is 4. The van der Waals surface area contributed by atoms with Gasteiger partial charge >= 0.3 is 0 Å². The Morgan fingerprint density at radius 1 is 1.53 bits per heavy atom. The average molecular weight is 324 g/mol. The molecule has 0 amide bonds. The summed E-state index contributed by atoms with van der Waals surface area (Å²) in [7, 11) is 1.84. The number of nitrogens with one attached hydrogen (secondary N) is 1. The first-order chi connectivity index (χ1) is 9.02. The smallest absolute Gasteiger partial charge is 0.283 e. The van der Waals surface area contributed by atoms with Crippen LogP contribution in [-0.4, -0.2) is 19.6 Å². The number of anilines is 2. The third-order valence-electron chi connectivity index (χ3n) is 2.57. The molecule has 0 atom stereocenters. The second-order valence-corrected chi connectivity index (χ2v) is 4.87. The van der Waals surface area contributed by atoms with Gasteiger partial charge in [0.1, 0.15) is 4.47 Å². The van der Waals surface area contributed by atoms with E-state index in [4.69, 9.17) is 0 Å². The van der Waals surface area contributed by atoms with Crippen LogP contribution in [-0.2, 0) is 13.6 Å². The molecule has 0 radical (unpaired) electrons. The Bertz CT molecular complexity index is 673. The van der Waals surface area contributed by atoms with E-state index in [1.165, 1.54) is 4.68 Å². The largest absolute Gasteiger partial charge is 0.350 e. The summed E-state index contributed by atoms with van der Waals surface area (Å²) in [6.45, 7) is 5.86. The summed E-state index contributed by atoms with van der Waals surface area (Å²) in [6, 6.07) is 0. The Hall–Kier alpha value is -1.89. The molecule has 2 aromatic rings. The Morgan fingerprint density at radius 2 is 2.26 bits per heavy atom. The first-order valence-corrected chi connectivity index (χ1v) is 6.46. The highest BCUT2D eigenvalue weighted by Gasteiger charge is 2.10. The molecule has 0 aliphatic heterocycles. The summed E-state index contributed by atoms with van der Waals surface area (Å²) >= 11 is 3.29. The number of aromatic nitrogens is 4. The molecule has 7 heteroatoms. The van der Waals surface area contributed by atoms with Crippen LogP contribution in [0.4, 0.5) is 11.4 Å². The van der Waals surface area contributed by atoms with Gasteiger partial charge in [-0.1, -0.05) is 6.08 Å². The maximum absolute atomic E-state index is 12.0. The minimum absolute atomic E-state index is 0.202. The van der Waals surface area contributed by atoms with Gasteiger partial charge in [0.15, 0.2) is 0 Å². The molecule has 0 aliphatic carbocycles. The van der Waals surface area contributed by atoms with Gasteiger partial charge in [-0.05, 0) is 22.9 Å². The van der Waals surface area contributed by atoms with Crippen LogP contribution in [0.3, 0.4) is 0 Å². The molecule has 0 aliphatic rings. The molecular formula is C12H14BrN5O. The summed E-state index contributed by atoms with van der Waals surface area (Å²) in [5.74, 6) is 0. The van der Waals surface area contributed by atoms with E-state index in [0.717, 1.165) is 11.4 Å². The lowest BCUT2D eigenvalue weighted by Gasteiger charge is -2.08. The Morgan fingerprint density at radius 3 is 2.84 bits per heavy atom. The molecule has 2 rings (SSSR count). The van der Waals surface area contributed by atoms with E-state index in [0.29, 0.717) is 16.7 Å². The Labute approximate surface area is 118 Å². The first kappa shape index (κ1) is 13.5. The number of allylic oxidation sites excluding steroid dienone is 1. The van der Waals surface area contributed by atoms with E-state index in [9.17, 15) is 4.79 Å². The zero-order valence-corrected chi connectivity index (χ0v) is 12.3. The summed E-state index contributed by atoms with van der Waals surface area (Å²) in [6.07, 6.45) is 5.07. The second-order valence-electron chi connectivity index (χ2n) is 4.08. The fraction of sp³-hybridized carbons (Fsp3) is 0.250. The van der Waals surface area contributed by atoms with Crippen molar-refractivity contribution < 1.29 is 0 Å². The van der Waals surface area contributed by atoms with Crippen LogP contribution in [0.5, 0.6) is 0 Å². The van der Waals surface area contributed by atoms with Gasteiger partial charge in [0, 0.05) is 13.2 Å². The molecule has 2 heterocycles. The van der Waals surface area contributed by atoms with E-state index in [-0.39, 0.29) is 5.56 Å². The summed E-state index contributed by atoms with van der Waals surface area (Å²) in [5.41, 5.74) is 2.10. The minimum atomic E-state index is -0.202. The van der Waals surface area contributed by atoms with Gasteiger partial charge in [-0.25, -0.2) is 4.68 Å². The van der Waals surface area contributed by atoms with Crippen LogP contribution in [0.25, 0.3) is 0 Å². The lowest BCUT2D eigenvalue weighted by atomic mass is 10.3. The monoisotopic (exact) mass is 323 g/mol. The Kier molecular flexibility index (Phi) is 3.84. The lowest BCUT2D eigenvalue weighted by Crippen LogP contribution is -2.23. The van der Waals surface area contributed by atoms with Gasteiger partial charge in [0.2, 0.25) is 0 Å². The summed E-state index contributed by atoms with van der Waals surface area (Å²) in [5, 5.41) is 11.4. The standard InChI is InChI=1S/C12H14BrN5O/c1-4-5-18-12(19)11(13)9(6-14-18)15-10-7-17(3)16-8(10)2/h4,6-7,15H,1,5H2,2-3H3.